The van der Waals surface area contributed by atoms with Crippen molar-refractivity contribution >= 4 is 0 Å². The molecule has 0 rings (SSSR count). The molecule has 0 heterocycles. The van der Waals surface area contributed by atoms with E-state index in [-0.39, 0.29) is 39.8 Å². The largest absolute Gasteiger partial charge is 2.00 e. The van der Waals surface area contributed by atoms with Crippen LogP contribution in [0.4, 0.5) is 0 Å². The second-order valence-electron chi connectivity index (χ2n) is 0. The van der Waals surface area contributed by atoms with E-state index >= 15 is 0 Å². The zero-order chi connectivity index (χ0) is 0. The standard InChI is InChI=1S/2CH3.O.Zn/h2*1H3;;/q2*-1;-2;+2. The van der Waals surface area contributed by atoms with Crippen LogP contribution in [0.3, 0.4) is 0 Å². The predicted octanol–water partition coefficient (Wildman–Crippen LogP) is 0.779. The molecule has 0 radical (unpaired) electrons. The molecule has 0 N–H and O–H groups in total. The second kappa shape index (κ2) is 70.3. The van der Waals surface area contributed by atoms with E-state index < -0.39 is 0 Å². The Morgan fingerprint density at radius 2 is 0.750 bits per heavy atom. The summed E-state index contributed by atoms with van der Waals surface area (Å²) in [5.74, 6) is 0. The summed E-state index contributed by atoms with van der Waals surface area (Å²) in [7, 11) is 0. The first-order valence-corrected chi connectivity index (χ1v) is 0. The molecule has 4 heavy (non-hydrogen) atoms. The summed E-state index contributed by atoms with van der Waals surface area (Å²) in [6.45, 7) is 0. The molecule has 0 aromatic carbocycles. The third-order valence-electron chi connectivity index (χ3n) is 0. The summed E-state index contributed by atoms with van der Waals surface area (Å²) < 4.78 is 0. The van der Waals surface area contributed by atoms with Crippen LogP contribution in [0.1, 0.15) is 0 Å². The summed E-state index contributed by atoms with van der Waals surface area (Å²) in [5, 5.41) is 0. The van der Waals surface area contributed by atoms with Gasteiger partial charge in [-0.3, -0.25) is 0 Å². The molecule has 0 unspecified atom stereocenters. The molecule has 2 heteroatoms. The average molecular weight is 111 g/mol. The molecular formula is C2H6OZn-2. The first-order valence-electron chi connectivity index (χ1n) is 0. The summed E-state index contributed by atoms with van der Waals surface area (Å²) in [6, 6.07) is 0. The van der Waals surface area contributed by atoms with E-state index in [0.29, 0.717) is 0 Å². The van der Waals surface area contributed by atoms with E-state index in [1.54, 1.807) is 0 Å². The Kier molecular flexibility index (Phi) is 3040. The fourth-order valence-electron chi connectivity index (χ4n) is 0. The van der Waals surface area contributed by atoms with Crippen molar-refractivity contribution in [2.45, 2.75) is 0 Å². The summed E-state index contributed by atoms with van der Waals surface area (Å²) >= 11 is 0. The fourth-order valence-corrected chi connectivity index (χ4v) is 0. The molecule has 0 aliphatic carbocycles. The first kappa shape index (κ1) is 173. The maximum Gasteiger partial charge on any atom is 2.00 e. The molecule has 0 amide bonds. The van der Waals surface area contributed by atoms with Gasteiger partial charge in [0.05, 0.1) is 0 Å². The normalized spacial score (nSPS) is 0. The van der Waals surface area contributed by atoms with Crippen LogP contribution in [-0.2, 0) is 25.0 Å². The Bertz CT molecular complexity index is 6.00. The van der Waals surface area contributed by atoms with E-state index in [1.807, 2.05) is 0 Å². The van der Waals surface area contributed by atoms with Gasteiger partial charge in [-0.2, -0.15) is 0 Å². The van der Waals surface area contributed by atoms with Crippen LogP contribution in [0, 0.1) is 14.9 Å². The zero-order valence-corrected chi connectivity index (χ0v) is 6.08. The van der Waals surface area contributed by atoms with E-state index in [4.69, 9.17) is 0 Å². The predicted molar refractivity (Wildman–Crippen MR) is 13.5 cm³/mol. The quantitative estimate of drug-likeness (QED) is 0.327. The summed E-state index contributed by atoms with van der Waals surface area (Å²) in [6.07, 6.45) is 0. The zero-order valence-electron chi connectivity index (χ0n) is 3.12. The Hall–Kier alpha value is 0.583. The van der Waals surface area contributed by atoms with E-state index in [1.165, 1.54) is 0 Å². The van der Waals surface area contributed by atoms with Crippen molar-refractivity contribution in [2.75, 3.05) is 0 Å². The van der Waals surface area contributed by atoms with Gasteiger partial charge >= 0.3 is 19.5 Å². The minimum absolute atomic E-state index is 0. The fraction of sp³-hybridized carbons (Fsp3) is 0. The Morgan fingerprint density at radius 3 is 0.750 bits per heavy atom. The molecule has 24 valence electrons. The molecule has 0 aromatic heterocycles. The minimum Gasteiger partial charge on any atom is -2.00 e. The summed E-state index contributed by atoms with van der Waals surface area (Å²) in [4.78, 5) is 0. The van der Waals surface area contributed by atoms with Crippen molar-refractivity contribution in [1.82, 2.24) is 0 Å². The second-order valence-corrected chi connectivity index (χ2v) is 0. The monoisotopic (exact) mass is 110 g/mol. The van der Waals surface area contributed by atoms with Crippen LogP contribution in [0.5, 0.6) is 0 Å². The van der Waals surface area contributed by atoms with E-state index in [0.717, 1.165) is 0 Å². The van der Waals surface area contributed by atoms with Crippen molar-refractivity contribution in [3.05, 3.63) is 14.9 Å². The van der Waals surface area contributed by atoms with E-state index in [9.17, 15) is 0 Å². The topological polar surface area (TPSA) is 28.5 Å². The Balaban J connectivity index is 0. The van der Waals surface area contributed by atoms with Crippen LogP contribution >= 0.6 is 0 Å². The molecule has 0 saturated heterocycles. The maximum absolute atomic E-state index is 0. The number of hydrogen-bond acceptors (Lipinski definition) is 0. The number of rotatable bonds is 0. The molecule has 0 fully saturated rings. The van der Waals surface area contributed by atoms with Gasteiger partial charge in [-0.1, -0.05) is 0 Å². The van der Waals surface area contributed by atoms with Crippen LogP contribution in [0.2, 0.25) is 0 Å². The average Bonchev–Trinajstić information content (AvgIpc) is 0. The van der Waals surface area contributed by atoms with Gasteiger partial charge in [0.15, 0.2) is 0 Å². The SMILES string of the molecule is [CH3-].[CH3-].[O-2].[Zn+2]. The van der Waals surface area contributed by atoms with Crippen molar-refractivity contribution < 1.29 is 25.0 Å². The van der Waals surface area contributed by atoms with E-state index in [2.05, 4.69) is 0 Å². The van der Waals surface area contributed by atoms with Crippen LogP contribution < -0.4 is 0 Å². The van der Waals surface area contributed by atoms with Crippen molar-refractivity contribution in [3.63, 3.8) is 0 Å². The van der Waals surface area contributed by atoms with Gasteiger partial charge in [0.25, 0.3) is 0 Å². The molecule has 1 nitrogen and oxygen atoms in total. The molecule has 0 aromatic rings. The summed E-state index contributed by atoms with van der Waals surface area (Å²) in [5.41, 5.74) is 0. The molecule has 0 atom stereocenters. The molecule has 0 saturated carbocycles. The van der Waals surface area contributed by atoms with Gasteiger partial charge in [-0.05, 0) is 0 Å². The van der Waals surface area contributed by atoms with Crippen LogP contribution in [0.15, 0.2) is 0 Å². The van der Waals surface area contributed by atoms with Gasteiger partial charge < -0.3 is 20.3 Å². The Morgan fingerprint density at radius 1 is 0.750 bits per heavy atom. The van der Waals surface area contributed by atoms with Gasteiger partial charge in [0.2, 0.25) is 0 Å². The van der Waals surface area contributed by atoms with Crippen molar-refractivity contribution in [3.8, 4) is 0 Å². The van der Waals surface area contributed by atoms with Crippen LogP contribution in [0.25, 0.3) is 0 Å². The number of hydrogen-bond donors (Lipinski definition) is 0. The molecule has 0 aliphatic heterocycles. The van der Waals surface area contributed by atoms with Gasteiger partial charge in [0.1, 0.15) is 0 Å². The van der Waals surface area contributed by atoms with Gasteiger partial charge in [-0.15, -0.1) is 0 Å². The van der Waals surface area contributed by atoms with Gasteiger partial charge in [0, 0.05) is 0 Å². The minimum atomic E-state index is 0. The molecular weight excluding hydrogens is 105 g/mol. The first-order chi connectivity index (χ1) is 0. The maximum atomic E-state index is 0. The van der Waals surface area contributed by atoms with Gasteiger partial charge in [-0.25, -0.2) is 0 Å². The van der Waals surface area contributed by atoms with Crippen molar-refractivity contribution in [1.29, 1.82) is 0 Å². The third kappa shape index (κ3) is 19.0. The van der Waals surface area contributed by atoms with Crippen LogP contribution in [-0.4, -0.2) is 0 Å². The molecule has 0 spiro atoms. The van der Waals surface area contributed by atoms with Crippen molar-refractivity contribution in [2.24, 2.45) is 0 Å². The Labute approximate surface area is 40.5 Å². The smallest absolute Gasteiger partial charge is 2.00 e. The molecule has 0 bridgehead atoms. The third-order valence-corrected chi connectivity index (χ3v) is 0. The molecule has 0 aliphatic rings.